The van der Waals surface area contributed by atoms with Crippen molar-refractivity contribution in [2.75, 3.05) is 0 Å². The van der Waals surface area contributed by atoms with E-state index in [1.165, 1.54) is 0 Å². The van der Waals surface area contributed by atoms with Gasteiger partial charge in [-0.1, -0.05) is 38.1 Å². The molecule has 0 aromatic heterocycles. The van der Waals surface area contributed by atoms with Crippen LogP contribution >= 0.6 is 0 Å². The third-order valence-corrected chi connectivity index (χ3v) is 3.61. The molecule has 0 saturated carbocycles. The standard InChI is InChI=1S/C17H25N3O4/c1-10(2)8-14(16(22)23)19-15(21)9-13(20-17(18)24)12-7-5-4-6-11(12)3/h4-7,10,13-14H,8-9H2,1-3H3,(H,19,21)(H,22,23)(H3,18,20,24)/t13?,14-/m0/s1. The third-order valence-electron chi connectivity index (χ3n) is 3.61. The van der Waals surface area contributed by atoms with Crippen LogP contribution in [0.15, 0.2) is 24.3 Å². The van der Waals surface area contributed by atoms with Crippen molar-refractivity contribution in [3.8, 4) is 0 Å². The van der Waals surface area contributed by atoms with Gasteiger partial charge in [0.25, 0.3) is 0 Å². The van der Waals surface area contributed by atoms with Crippen LogP contribution in [0, 0.1) is 12.8 Å². The molecule has 0 spiro atoms. The molecule has 7 nitrogen and oxygen atoms in total. The number of nitrogens with one attached hydrogen (secondary N) is 2. The van der Waals surface area contributed by atoms with Gasteiger partial charge in [-0.15, -0.1) is 0 Å². The van der Waals surface area contributed by atoms with Gasteiger partial charge in [-0.2, -0.15) is 0 Å². The third kappa shape index (κ3) is 6.28. The number of carboxylic acid groups (broad SMARTS) is 1. The van der Waals surface area contributed by atoms with E-state index in [1.54, 1.807) is 12.1 Å². The highest BCUT2D eigenvalue weighted by Gasteiger charge is 2.24. The lowest BCUT2D eigenvalue weighted by Gasteiger charge is -2.22. The van der Waals surface area contributed by atoms with Gasteiger partial charge in [-0.25, -0.2) is 9.59 Å². The minimum atomic E-state index is -1.08. The quantitative estimate of drug-likeness (QED) is 0.577. The first-order valence-electron chi connectivity index (χ1n) is 7.84. The Bertz CT molecular complexity index is 601. The van der Waals surface area contributed by atoms with Crippen LogP contribution in [0.25, 0.3) is 0 Å². The molecule has 1 aromatic rings. The number of primary amides is 1. The molecule has 0 bridgehead atoms. The van der Waals surface area contributed by atoms with Crippen molar-refractivity contribution in [2.45, 2.75) is 45.7 Å². The summed E-state index contributed by atoms with van der Waals surface area (Å²) in [4.78, 5) is 34.7. The zero-order chi connectivity index (χ0) is 18.3. The Balaban J connectivity index is 2.86. The van der Waals surface area contributed by atoms with Crippen LogP contribution in [0.1, 0.15) is 43.9 Å². The molecule has 0 radical (unpaired) electrons. The lowest BCUT2D eigenvalue weighted by molar-refractivity contribution is -0.142. The SMILES string of the molecule is Cc1ccccc1C(CC(=O)N[C@@H](CC(C)C)C(=O)O)NC(N)=O. The first-order chi connectivity index (χ1) is 11.2. The van der Waals surface area contributed by atoms with Gasteiger partial charge in [0.05, 0.1) is 12.5 Å². The highest BCUT2D eigenvalue weighted by Crippen LogP contribution is 2.20. The zero-order valence-electron chi connectivity index (χ0n) is 14.2. The Morgan fingerprint density at radius 1 is 1.17 bits per heavy atom. The van der Waals surface area contributed by atoms with Crippen molar-refractivity contribution in [1.29, 1.82) is 0 Å². The number of hydrogen-bond donors (Lipinski definition) is 4. The van der Waals surface area contributed by atoms with Crippen LogP contribution in [0.3, 0.4) is 0 Å². The first kappa shape index (κ1) is 19.5. The van der Waals surface area contributed by atoms with E-state index in [1.807, 2.05) is 32.9 Å². The molecule has 2 atom stereocenters. The number of aryl methyl sites for hydroxylation is 1. The molecule has 1 aromatic carbocycles. The van der Waals surface area contributed by atoms with E-state index in [-0.39, 0.29) is 12.3 Å². The molecule has 0 aliphatic rings. The maximum atomic E-state index is 12.2. The molecule has 132 valence electrons. The fourth-order valence-electron chi connectivity index (χ4n) is 2.52. The fraction of sp³-hybridized carbons (Fsp3) is 0.471. The van der Waals surface area contributed by atoms with Gasteiger partial charge in [0.1, 0.15) is 6.04 Å². The van der Waals surface area contributed by atoms with Crippen molar-refractivity contribution in [3.05, 3.63) is 35.4 Å². The zero-order valence-corrected chi connectivity index (χ0v) is 14.2. The summed E-state index contributed by atoms with van der Waals surface area (Å²) in [6, 6.07) is 5.00. The van der Waals surface area contributed by atoms with E-state index in [2.05, 4.69) is 10.6 Å². The monoisotopic (exact) mass is 335 g/mol. The second kappa shape index (κ2) is 8.90. The number of carbonyl (C=O) groups excluding carboxylic acids is 2. The minimum Gasteiger partial charge on any atom is -0.480 e. The van der Waals surface area contributed by atoms with Crippen LogP contribution in [0.2, 0.25) is 0 Å². The van der Waals surface area contributed by atoms with Crippen molar-refractivity contribution in [2.24, 2.45) is 11.7 Å². The van der Waals surface area contributed by atoms with E-state index in [0.29, 0.717) is 6.42 Å². The normalized spacial score (nSPS) is 13.2. The molecule has 0 fully saturated rings. The number of nitrogens with two attached hydrogens (primary N) is 1. The topological polar surface area (TPSA) is 122 Å². The molecule has 1 unspecified atom stereocenters. The summed E-state index contributed by atoms with van der Waals surface area (Å²) >= 11 is 0. The number of benzene rings is 1. The fourth-order valence-corrected chi connectivity index (χ4v) is 2.52. The van der Waals surface area contributed by atoms with Gasteiger partial charge in [0, 0.05) is 0 Å². The predicted molar refractivity (Wildman–Crippen MR) is 90.3 cm³/mol. The van der Waals surface area contributed by atoms with E-state index < -0.39 is 30.0 Å². The second-order valence-electron chi connectivity index (χ2n) is 6.21. The van der Waals surface area contributed by atoms with Crippen LogP contribution in [-0.4, -0.2) is 29.1 Å². The highest BCUT2D eigenvalue weighted by molar-refractivity contribution is 5.84. The Labute approximate surface area is 141 Å². The number of hydrogen-bond acceptors (Lipinski definition) is 3. The second-order valence-corrected chi connectivity index (χ2v) is 6.21. The molecule has 3 amide bonds. The molecule has 1 rings (SSSR count). The average molecular weight is 335 g/mol. The van der Waals surface area contributed by atoms with E-state index in [0.717, 1.165) is 11.1 Å². The number of aliphatic carboxylic acids is 1. The smallest absolute Gasteiger partial charge is 0.326 e. The summed E-state index contributed by atoms with van der Waals surface area (Å²) in [7, 11) is 0. The summed E-state index contributed by atoms with van der Waals surface area (Å²) < 4.78 is 0. The van der Waals surface area contributed by atoms with Gasteiger partial charge in [-0.3, -0.25) is 4.79 Å². The van der Waals surface area contributed by atoms with Crippen LogP contribution < -0.4 is 16.4 Å². The first-order valence-corrected chi connectivity index (χ1v) is 7.84. The van der Waals surface area contributed by atoms with E-state index in [9.17, 15) is 19.5 Å². The Morgan fingerprint density at radius 3 is 2.29 bits per heavy atom. The average Bonchev–Trinajstić information content (AvgIpc) is 2.45. The van der Waals surface area contributed by atoms with Gasteiger partial charge in [0.15, 0.2) is 0 Å². The highest BCUT2D eigenvalue weighted by atomic mass is 16.4. The van der Waals surface area contributed by atoms with Crippen molar-refractivity contribution in [1.82, 2.24) is 10.6 Å². The lowest BCUT2D eigenvalue weighted by atomic mass is 9.98. The molecule has 5 N–H and O–H groups in total. The van der Waals surface area contributed by atoms with E-state index >= 15 is 0 Å². The molecule has 7 heteroatoms. The molecule has 0 aliphatic carbocycles. The largest absolute Gasteiger partial charge is 0.480 e. The number of urea groups is 1. The summed E-state index contributed by atoms with van der Waals surface area (Å²) in [5.74, 6) is -1.40. The van der Waals surface area contributed by atoms with Gasteiger partial charge in [-0.05, 0) is 30.4 Å². The molecular formula is C17H25N3O4. The summed E-state index contributed by atoms with van der Waals surface area (Å²) in [6.07, 6.45) is 0.245. The number of amides is 3. The predicted octanol–water partition coefficient (Wildman–Crippen LogP) is 1.71. The van der Waals surface area contributed by atoms with Crippen molar-refractivity contribution < 1.29 is 19.5 Å². The number of carboxylic acids is 1. The number of rotatable bonds is 8. The maximum absolute atomic E-state index is 12.2. The Morgan fingerprint density at radius 2 is 1.79 bits per heavy atom. The van der Waals surface area contributed by atoms with E-state index in [4.69, 9.17) is 5.73 Å². The molecule has 0 heterocycles. The molecule has 0 aliphatic heterocycles. The van der Waals surface area contributed by atoms with Crippen molar-refractivity contribution >= 4 is 17.9 Å². The lowest BCUT2D eigenvalue weighted by Crippen LogP contribution is -2.43. The van der Waals surface area contributed by atoms with Gasteiger partial charge in [0.2, 0.25) is 5.91 Å². The summed E-state index contributed by atoms with van der Waals surface area (Å²) in [6.45, 7) is 5.63. The molecule has 0 saturated heterocycles. The summed E-state index contributed by atoms with van der Waals surface area (Å²) in [5.41, 5.74) is 6.87. The Hall–Kier alpha value is -2.57. The molecule has 24 heavy (non-hydrogen) atoms. The maximum Gasteiger partial charge on any atom is 0.326 e. The molecular weight excluding hydrogens is 310 g/mol. The minimum absolute atomic E-state index is 0.0876. The van der Waals surface area contributed by atoms with Crippen molar-refractivity contribution in [3.63, 3.8) is 0 Å². The Kier molecular flexibility index (Phi) is 7.23. The van der Waals surface area contributed by atoms with Gasteiger partial charge >= 0.3 is 12.0 Å². The van der Waals surface area contributed by atoms with Crippen LogP contribution in [-0.2, 0) is 9.59 Å². The van der Waals surface area contributed by atoms with Gasteiger partial charge < -0.3 is 21.5 Å². The van der Waals surface area contributed by atoms with Crippen LogP contribution in [0.5, 0.6) is 0 Å². The number of carbonyl (C=O) groups is 3. The van der Waals surface area contributed by atoms with Crippen LogP contribution in [0.4, 0.5) is 4.79 Å². The summed E-state index contributed by atoms with van der Waals surface area (Å²) in [5, 5.41) is 14.3.